The molecule has 1 saturated carbocycles. The van der Waals surface area contributed by atoms with Gasteiger partial charge in [0.15, 0.2) is 5.96 Å². The van der Waals surface area contributed by atoms with E-state index in [-0.39, 0.29) is 5.82 Å². The SMILES string of the molecule is CN=C(NCCc1cc(F)ccc1F)NC1CC1. The number of benzene rings is 1. The molecule has 98 valence electrons. The molecular weight excluding hydrogens is 236 g/mol. The van der Waals surface area contributed by atoms with Crippen molar-refractivity contribution in [1.82, 2.24) is 10.6 Å². The van der Waals surface area contributed by atoms with Gasteiger partial charge in [-0.05, 0) is 43.0 Å². The Morgan fingerprint density at radius 2 is 2.17 bits per heavy atom. The largest absolute Gasteiger partial charge is 0.356 e. The molecule has 0 bridgehead atoms. The highest BCUT2D eigenvalue weighted by molar-refractivity contribution is 5.80. The molecule has 0 saturated heterocycles. The maximum atomic E-state index is 13.4. The molecule has 0 unspecified atom stereocenters. The zero-order valence-electron chi connectivity index (χ0n) is 10.3. The molecule has 0 aliphatic heterocycles. The Balaban J connectivity index is 1.81. The molecule has 0 aromatic heterocycles. The lowest BCUT2D eigenvalue weighted by molar-refractivity contribution is 0.583. The maximum absolute atomic E-state index is 13.4. The number of rotatable bonds is 4. The first-order valence-corrected chi connectivity index (χ1v) is 6.10. The van der Waals surface area contributed by atoms with E-state index in [2.05, 4.69) is 15.6 Å². The van der Waals surface area contributed by atoms with Gasteiger partial charge >= 0.3 is 0 Å². The van der Waals surface area contributed by atoms with Gasteiger partial charge in [-0.3, -0.25) is 4.99 Å². The fraction of sp³-hybridized carbons (Fsp3) is 0.462. The summed E-state index contributed by atoms with van der Waals surface area (Å²) in [5.74, 6) is -0.0652. The molecule has 2 rings (SSSR count). The Bertz CT molecular complexity index is 442. The molecule has 0 spiro atoms. The van der Waals surface area contributed by atoms with Crippen LogP contribution in [-0.4, -0.2) is 25.6 Å². The average Bonchev–Trinajstić information content (AvgIpc) is 3.16. The van der Waals surface area contributed by atoms with Crippen LogP contribution in [0.2, 0.25) is 0 Å². The van der Waals surface area contributed by atoms with Crippen molar-refractivity contribution in [3.63, 3.8) is 0 Å². The first kappa shape index (κ1) is 12.8. The van der Waals surface area contributed by atoms with Crippen molar-refractivity contribution in [2.24, 2.45) is 4.99 Å². The second-order valence-electron chi connectivity index (χ2n) is 4.40. The molecule has 2 N–H and O–H groups in total. The van der Waals surface area contributed by atoms with Crippen LogP contribution in [0.3, 0.4) is 0 Å². The van der Waals surface area contributed by atoms with E-state index in [4.69, 9.17) is 0 Å². The van der Waals surface area contributed by atoms with Crippen LogP contribution < -0.4 is 10.6 Å². The van der Waals surface area contributed by atoms with Crippen molar-refractivity contribution in [3.05, 3.63) is 35.4 Å². The van der Waals surface area contributed by atoms with E-state index in [0.717, 1.165) is 12.1 Å². The smallest absolute Gasteiger partial charge is 0.191 e. The quantitative estimate of drug-likeness (QED) is 0.634. The van der Waals surface area contributed by atoms with E-state index >= 15 is 0 Å². The minimum absolute atomic E-state index is 0.372. The average molecular weight is 253 g/mol. The van der Waals surface area contributed by atoms with Gasteiger partial charge in [-0.25, -0.2) is 8.78 Å². The van der Waals surface area contributed by atoms with Gasteiger partial charge in [0, 0.05) is 19.6 Å². The van der Waals surface area contributed by atoms with Gasteiger partial charge in [-0.2, -0.15) is 0 Å². The zero-order valence-corrected chi connectivity index (χ0v) is 10.3. The molecule has 18 heavy (non-hydrogen) atoms. The molecular formula is C13H17F2N3. The Morgan fingerprint density at radius 3 is 2.83 bits per heavy atom. The van der Waals surface area contributed by atoms with E-state index in [1.54, 1.807) is 7.05 Å². The summed E-state index contributed by atoms with van der Waals surface area (Å²) in [4.78, 5) is 4.07. The third-order valence-corrected chi connectivity index (χ3v) is 2.84. The van der Waals surface area contributed by atoms with E-state index in [9.17, 15) is 8.78 Å². The number of guanidine groups is 1. The summed E-state index contributed by atoms with van der Waals surface area (Å²) in [6.45, 7) is 0.521. The third kappa shape index (κ3) is 3.68. The van der Waals surface area contributed by atoms with E-state index in [1.165, 1.54) is 18.9 Å². The van der Waals surface area contributed by atoms with Crippen LogP contribution in [0.25, 0.3) is 0 Å². The summed E-state index contributed by atoms with van der Waals surface area (Å²) >= 11 is 0. The van der Waals surface area contributed by atoms with Crippen LogP contribution in [0.4, 0.5) is 8.78 Å². The number of halogens is 2. The van der Waals surface area contributed by atoms with Crippen LogP contribution in [0, 0.1) is 11.6 Å². The number of aliphatic imine (C=N–C) groups is 1. The van der Waals surface area contributed by atoms with Gasteiger partial charge in [0.1, 0.15) is 11.6 Å². The summed E-state index contributed by atoms with van der Waals surface area (Å²) in [6, 6.07) is 4.03. The Kier molecular flexibility index (Phi) is 4.12. The highest BCUT2D eigenvalue weighted by Gasteiger charge is 2.21. The lowest BCUT2D eigenvalue weighted by atomic mass is 10.1. The first-order valence-electron chi connectivity index (χ1n) is 6.10. The summed E-state index contributed by atoms with van der Waals surface area (Å²) in [7, 11) is 1.69. The van der Waals surface area contributed by atoms with Gasteiger partial charge < -0.3 is 10.6 Å². The highest BCUT2D eigenvalue weighted by Crippen LogP contribution is 2.18. The second-order valence-corrected chi connectivity index (χ2v) is 4.40. The molecule has 3 nitrogen and oxygen atoms in total. The molecule has 0 heterocycles. The standard InChI is InChI=1S/C13H17F2N3/c1-16-13(18-11-3-4-11)17-7-6-9-8-10(14)2-5-12(9)15/h2,5,8,11H,3-4,6-7H2,1H3,(H2,16,17,18). The number of nitrogens with zero attached hydrogens (tertiary/aromatic N) is 1. The van der Waals surface area contributed by atoms with Crippen molar-refractivity contribution >= 4 is 5.96 Å². The molecule has 1 aromatic carbocycles. The van der Waals surface area contributed by atoms with Gasteiger partial charge in [0.25, 0.3) is 0 Å². The van der Waals surface area contributed by atoms with E-state index < -0.39 is 5.82 Å². The van der Waals surface area contributed by atoms with Crippen LogP contribution in [0.1, 0.15) is 18.4 Å². The predicted molar refractivity (Wildman–Crippen MR) is 67.6 cm³/mol. The molecule has 1 aromatic rings. The molecule has 0 radical (unpaired) electrons. The number of hydrogen-bond acceptors (Lipinski definition) is 1. The van der Waals surface area contributed by atoms with Crippen LogP contribution in [0.5, 0.6) is 0 Å². The fourth-order valence-electron chi connectivity index (χ4n) is 1.67. The molecule has 5 heteroatoms. The fourth-order valence-corrected chi connectivity index (χ4v) is 1.67. The lowest BCUT2D eigenvalue weighted by Gasteiger charge is -2.11. The monoisotopic (exact) mass is 253 g/mol. The molecule has 1 aliphatic rings. The van der Waals surface area contributed by atoms with Crippen molar-refractivity contribution in [2.75, 3.05) is 13.6 Å². The minimum Gasteiger partial charge on any atom is -0.356 e. The Hall–Kier alpha value is -1.65. The van der Waals surface area contributed by atoms with Gasteiger partial charge in [0.2, 0.25) is 0 Å². The van der Waals surface area contributed by atoms with Crippen molar-refractivity contribution in [1.29, 1.82) is 0 Å². The zero-order chi connectivity index (χ0) is 13.0. The maximum Gasteiger partial charge on any atom is 0.191 e. The van der Waals surface area contributed by atoms with Crippen LogP contribution >= 0.6 is 0 Å². The third-order valence-electron chi connectivity index (χ3n) is 2.84. The lowest BCUT2D eigenvalue weighted by Crippen LogP contribution is -2.39. The van der Waals surface area contributed by atoms with Gasteiger partial charge in [0.05, 0.1) is 0 Å². The normalized spacial score (nSPS) is 15.6. The summed E-state index contributed by atoms with van der Waals surface area (Å²) in [5.41, 5.74) is 0.379. The van der Waals surface area contributed by atoms with Crippen molar-refractivity contribution in [2.45, 2.75) is 25.3 Å². The summed E-state index contributed by atoms with van der Waals surface area (Å²) < 4.78 is 26.3. The molecule has 1 fully saturated rings. The number of hydrogen-bond donors (Lipinski definition) is 2. The topological polar surface area (TPSA) is 36.4 Å². The van der Waals surface area contributed by atoms with E-state index in [1.807, 2.05) is 0 Å². The summed E-state index contributed by atoms with van der Waals surface area (Å²) in [6.07, 6.45) is 2.76. The predicted octanol–water partition coefficient (Wildman–Crippen LogP) is 1.83. The molecule has 1 aliphatic carbocycles. The Labute approximate surface area is 105 Å². The van der Waals surface area contributed by atoms with Gasteiger partial charge in [-0.15, -0.1) is 0 Å². The van der Waals surface area contributed by atoms with Gasteiger partial charge in [-0.1, -0.05) is 0 Å². The first-order chi connectivity index (χ1) is 8.69. The highest BCUT2D eigenvalue weighted by atomic mass is 19.1. The van der Waals surface area contributed by atoms with Crippen molar-refractivity contribution < 1.29 is 8.78 Å². The van der Waals surface area contributed by atoms with Crippen LogP contribution in [0.15, 0.2) is 23.2 Å². The second kappa shape index (κ2) is 5.80. The minimum atomic E-state index is -0.410. The van der Waals surface area contributed by atoms with E-state index in [0.29, 0.717) is 30.5 Å². The number of nitrogens with one attached hydrogen (secondary N) is 2. The molecule has 0 amide bonds. The molecule has 0 atom stereocenters. The van der Waals surface area contributed by atoms with Crippen molar-refractivity contribution in [3.8, 4) is 0 Å². The Morgan fingerprint density at radius 1 is 1.39 bits per heavy atom. The summed E-state index contributed by atoms with van der Waals surface area (Å²) in [5, 5.41) is 6.31. The van der Waals surface area contributed by atoms with Crippen LogP contribution in [-0.2, 0) is 6.42 Å².